The van der Waals surface area contributed by atoms with Crippen LogP contribution in [0, 0.1) is 30.6 Å². The predicted octanol–water partition coefficient (Wildman–Crippen LogP) is 2.05. The maximum absolute atomic E-state index is 12.5. The third kappa shape index (κ3) is 2.74. The van der Waals surface area contributed by atoms with Gasteiger partial charge in [0.05, 0.1) is 16.7 Å². The number of rotatable bonds is 4. The van der Waals surface area contributed by atoms with Crippen LogP contribution in [0.4, 0.5) is 5.69 Å². The summed E-state index contributed by atoms with van der Waals surface area (Å²) < 4.78 is 10.6. The Labute approximate surface area is 153 Å². The van der Waals surface area contributed by atoms with Crippen LogP contribution in [-0.2, 0) is 23.9 Å². The summed E-state index contributed by atoms with van der Waals surface area (Å²) in [5, 5.41) is 2.70. The first-order chi connectivity index (χ1) is 12.0. The van der Waals surface area contributed by atoms with Gasteiger partial charge in [-0.2, -0.15) is 0 Å². The van der Waals surface area contributed by atoms with Crippen LogP contribution >= 0.6 is 15.9 Å². The lowest BCUT2D eigenvalue weighted by Crippen LogP contribution is -2.39. The average molecular weight is 408 g/mol. The minimum Gasteiger partial charge on any atom is -0.461 e. The molecular weight excluding hydrogens is 390 g/mol. The third-order valence-electron chi connectivity index (χ3n) is 5.44. The van der Waals surface area contributed by atoms with Gasteiger partial charge in [-0.05, 0) is 37.0 Å². The van der Waals surface area contributed by atoms with Gasteiger partial charge in [0.2, 0.25) is 0 Å². The smallest absolute Gasteiger partial charge is 0.310 e. The Hall–Kier alpha value is -1.89. The van der Waals surface area contributed by atoms with Crippen LogP contribution < -0.4 is 5.32 Å². The highest BCUT2D eigenvalue weighted by molar-refractivity contribution is 9.09. The number of amides is 1. The minimum atomic E-state index is -0.521. The van der Waals surface area contributed by atoms with Crippen LogP contribution in [-0.4, -0.2) is 35.4 Å². The monoisotopic (exact) mass is 407 g/mol. The zero-order chi connectivity index (χ0) is 17.7. The van der Waals surface area contributed by atoms with E-state index >= 15 is 0 Å². The molecule has 25 heavy (non-hydrogen) atoms. The van der Waals surface area contributed by atoms with Gasteiger partial charge in [-0.3, -0.25) is 14.4 Å². The van der Waals surface area contributed by atoms with Gasteiger partial charge < -0.3 is 14.8 Å². The van der Waals surface area contributed by atoms with Crippen molar-refractivity contribution < 1.29 is 23.9 Å². The minimum absolute atomic E-state index is 0.0149. The van der Waals surface area contributed by atoms with E-state index < -0.39 is 23.7 Å². The molecule has 1 aliphatic heterocycles. The quantitative estimate of drug-likeness (QED) is 0.609. The molecule has 6 nitrogen and oxygen atoms in total. The number of ether oxygens (including phenoxy) is 2. The molecule has 1 saturated heterocycles. The van der Waals surface area contributed by atoms with Crippen LogP contribution in [0.2, 0.25) is 0 Å². The maximum atomic E-state index is 12.5. The number of hydrogen-bond donors (Lipinski definition) is 1. The zero-order valence-corrected chi connectivity index (χ0v) is 15.2. The molecule has 1 N–H and O–H groups in total. The van der Waals surface area contributed by atoms with Crippen molar-refractivity contribution >= 4 is 39.5 Å². The van der Waals surface area contributed by atoms with E-state index in [1.54, 1.807) is 6.07 Å². The Morgan fingerprint density at radius 2 is 2.16 bits per heavy atom. The molecular formula is C18H18BrNO5. The van der Waals surface area contributed by atoms with Crippen molar-refractivity contribution in [3.8, 4) is 0 Å². The molecule has 6 atom stereocenters. The van der Waals surface area contributed by atoms with Crippen molar-refractivity contribution in [2.45, 2.75) is 24.3 Å². The van der Waals surface area contributed by atoms with Gasteiger partial charge in [0.25, 0.3) is 5.91 Å². The summed E-state index contributed by atoms with van der Waals surface area (Å²) in [4.78, 5) is 36.5. The van der Waals surface area contributed by atoms with Gasteiger partial charge in [-0.25, -0.2) is 0 Å². The Kier molecular flexibility index (Phi) is 4.06. The first-order valence-electron chi connectivity index (χ1n) is 8.33. The van der Waals surface area contributed by atoms with Crippen LogP contribution in [0.3, 0.4) is 0 Å². The fraction of sp³-hybridized carbons (Fsp3) is 0.500. The molecule has 2 saturated carbocycles. The van der Waals surface area contributed by atoms with Crippen LogP contribution in [0.5, 0.6) is 0 Å². The summed E-state index contributed by atoms with van der Waals surface area (Å²) in [6.07, 6.45) is 0.655. The van der Waals surface area contributed by atoms with E-state index in [0.29, 0.717) is 5.69 Å². The van der Waals surface area contributed by atoms with E-state index in [1.807, 2.05) is 25.1 Å². The third-order valence-corrected chi connectivity index (χ3v) is 6.64. The Balaban J connectivity index is 1.36. The van der Waals surface area contributed by atoms with Gasteiger partial charge in [0.1, 0.15) is 6.10 Å². The van der Waals surface area contributed by atoms with Crippen molar-refractivity contribution in [2.75, 3.05) is 11.9 Å². The fourth-order valence-electron chi connectivity index (χ4n) is 4.45. The average Bonchev–Trinajstić information content (AvgIpc) is 3.17. The lowest BCUT2D eigenvalue weighted by atomic mass is 9.80. The number of esters is 2. The molecule has 0 aromatic heterocycles. The van der Waals surface area contributed by atoms with Crippen molar-refractivity contribution in [3.63, 3.8) is 0 Å². The number of nitrogens with one attached hydrogen (secondary N) is 1. The SMILES string of the molecule is Cc1cccc(NC(=O)COC(=O)[C@@H]2[C@H]3C[C@H]4[C@H](OC(=O)[C@H]42)[C@@H]3Br)c1. The fourth-order valence-corrected chi connectivity index (χ4v) is 5.49. The molecule has 3 fully saturated rings. The molecule has 1 aromatic carbocycles. The largest absolute Gasteiger partial charge is 0.461 e. The molecule has 1 aromatic rings. The molecule has 0 spiro atoms. The lowest BCUT2D eigenvalue weighted by Gasteiger charge is -2.26. The zero-order valence-electron chi connectivity index (χ0n) is 13.6. The van der Waals surface area contributed by atoms with Gasteiger partial charge in [0.15, 0.2) is 6.61 Å². The number of benzene rings is 1. The second kappa shape index (κ2) is 6.12. The van der Waals surface area contributed by atoms with E-state index in [0.717, 1.165) is 12.0 Å². The number of carbonyl (C=O) groups is 3. The number of carbonyl (C=O) groups excluding carboxylic acids is 3. The molecule has 7 heteroatoms. The molecule has 0 radical (unpaired) electrons. The molecule has 1 amide bonds. The van der Waals surface area contributed by atoms with Gasteiger partial charge in [0, 0.05) is 11.6 Å². The number of hydrogen-bond acceptors (Lipinski definition) is 5. The molecule has 2 bridgehead atoms. The van der Waals surface area contributed by atoms with E-state index in [2.05, 4.69) is 21.2 Å². The number of halogens is 1. The lowest BCUT2D eigenvalue weighted by molar-refractivity contribution is -0.157. The van der Waals surface area contributed by atoms with Crippen molar-refractivity contribution in [3.05, 3.63) is 29.8 Å². The highest BCUT2D eigenvalue weighted by Crippen LogP contribution is 2.60. The van der Waals surface area contributed by atoms with Gasteiger partial charge in [-0.1, -0.05) is 28.1 Å². The van der Waals surface area contributed by atoms with Crippen molar-refractivity contribution in [1.82, 2.24) is 0 Å². The van der Waals surface area contributed by atoms with Crippen molar-refractivity contribution in [1.29, 1.82) is 0 Å². The standard InChI is InChI=1S/C18H18BrNO5/c1-8-3-2-4-9(5-8)20-12(21)7-24-17(22)13-10-6-11-14(13)18(23)25-16(11)15(10)19/h2-5,10-11,13-16H,6-7H2,1H3,(H,20,21)/t10-,11-,13-,14-,15-,16+/m1/s1. The topological polar surface area (TPSA) is 81.7 Å². The first-order valence-corrected chi connectivity index (χ1v) is 9.25. The first kappa shape index (κ1) is 16.6. The highest BCUT2D eigenvalue weighted by Gasteiger charge is 2.68. The summed E-state index contributed by atoms with van der Waals surface area (Å²) in [6.45, 7) is 1.56. The second-order valence-electron chi connectivity index (χ2n) is 6.99. The van der Waals surface area contributed by atoms with E-state index in [-0.39, 0.29) is 35.3 Å². The second-order valence-corrected chi connectivity index (χ2v) is 8.04. The molecule has 0 unspecified atom stereocenters. The molecule has 3 aliphatic rings. The number of alkyl halides is 1. The van der Waals surface area contributed by atoms with Crippen LogP contribution in [0.1, 0.15) is 12.0 Å². The number of fused-ring (bicyclic) bond motifs is 1. The number of aryl methyl sites for hydroxylation is 1. The molecule has 2 aliphatic carbocycles. The van der Waals surface area contributed by atoms with E-state index in [4.69, 9.17) is 9.47 Å². The Bertz CT molecular complexity index is 751. The van der Waals surface area contributed by atoms with Crippen LogP contribution in [0.25, 0.3) is 0 Å². The highest BCUT2D eigenvalue weighted by atomic mass is 79.9. The molecule has 4 rings (SSSR count). The van der Waals surface area contributed by atoms with Gasteiger partial charge in [-0.15, -0.1) is 0 Å². The normalized spacial score (nSPS) is 34.7. The molecule has 1 heterocycles. The summed E-state index contributed by atoms with van der Waals surface area (Å²) in [7, 11) is 0. The van der Waals surface area contributed by atoms with Crippen LogP contribution in [0.15, 0.2) is 24.3 Å². The summed E-state index contributed by atoms with van der Waals surface area (Å²) in [6, 6.07) is 7.37. The maximum Gasteiger partial charge on any atom is 0.310 e. The van der Waals surface area contributed by atoms with Crippen molar-refractivity contribution in [2.24, 2.45) is 23.7 Å². The van der Waals surface area contributed by atoms with E-state index in [9.17, 15) is 14.4 Å². The summed E-state index contributed by atoms with van der Waals surface area (Å²) in [5.41, 5.74) is 1.68. The summed E-state index contributed by atoms with van der Waals surface area (Å²) in [5.74, 6) is -2.03. The van der Waals surface area contributed by atoms with Gasteiger partial charge >= 0.3 is 11.9 Å². The summed E-state index contributed by atoms with van der Waals surface area (Å²) >= 11 is 3.55. The Morgan fingerprint density at radius 1 is 1.36 bits per heavy atom. The Morgan fingerprint density at radius 3 is 2.92 bits per heavy atom. The number of anilines is 1. The van der Waals surface area contributed by atoms with E-state index in [1.165, 1.54) is 0 Å². The predicted molar refractivity (Wildman–Crippen MR) is 91.9 cm³/mol. The molecule has 132 valence electrons.